The first kappa shape index (κ1) is 24.2. The third-order valence-electron chi connectivity index (χ3n) is 4.31. The molecule has 0 atom stereocenters. The molecule has 0 saturated heterocycles. The van der Waals surface area contributed by atoms with Crippen LogP contribution < -0.4 is 15.4 Å². The lowest BCUT2D eigenvalue weighted by atomic mass is 10.3. The van der Waals surface area contributed by atoms with Crippen LogP contribution in [-0.4, -0.2) is 69.5 Å². The summed E-state index contributed by atoms with van der Waals surface area (Å²) >= 11 is 0. The Morgan fingerprint density at radius 3 is 2.65 bits per heavy atom. The van der Waals surface area contributed by atoms with Crippen molar-refractivity contribution in [1.29, 1.82) is 0 Å². The number of nitrogens with zero attached hydrogens (tertiary/aromatic N) is 2. The molecule has 2 aromatic rings. The van der Waals surface area contributed by atoms with E-state index in [4.69, 9.17) is 18.6 Å². The van der Waals surface area contributed by atoms with E-state index in [1.54, 1.807) is 50.5 Å². The highest BCUT2D eigenvalue weighted by Gasteiger charge is 2.19. The van der Waals surface area contributed by atoms with Crippen molar-refractivity contribution < 1.29 is 28.2 Å². The van der Waals surface area contributed by atoms with Crippen LogP contribution in [0.5, 0.6) is 5.75 Å². The first-order chi connectivity index (χ1) is 15.1. The van der Waals surface area contributed by atoms with E-state index in [1.165, 1.54) is 6.26 Å². The molecule has 10 heteroatoms. The number of oxazole rings is 1. The molecule has 1 aromatic carbocycles. The summed E-state index contributed by atoms with van der Waals surface area (Å²) in [5.41, 5.74) is 0.766. The third-order valence-corrected chi connectivity index (χ3v) is 4.31. The molecular formula is C21H30N4O6. The van der Waals surface area contributed by atoms with Gasteiger partial charge >= 0.3 is 6.03 Å². The number of benzene rings is 1. The number of urea groups is 1. The Morgan fingerprint density at radius 1 is 1.13 bits per heavy atom. The van der Waals surface area contributed by atoms with Gasteiger partial charge in [0.25, 0.3) is 5.91 Å². The van der Waals surface area contributed by atoms with E-state index in [1.807, 2.05) is 0 Å². The molecule has 0 saturated carbocycles. The molecule has 2 N–H and O–H groups in total. The van der Waals surface area contributed by atoms with Crippen molar-refractivity contribution in [2.75, 3.05) is 52.9 Å². The Bertz CT molecular complexity index is 826. The fourth-order valence-electron chi connectivity index (χ4n) is 2.72. The summed E-state index contributed by atoms with van der Waals surface area (Å²) in [4.78, 5) is 30.7. The molecule has 0 fully saturated rings. The monoisotopic (exact) mass is 434 g/mol. The summed E-state index contributed by atoms with van der Waals surface area (Å²) < 4.78 is 20.6. The summed E-state index contributed by atoms with van der Waals surface area (Å²) in [5, 5.41) is 5.58. The molecule has 170 valence electrons. The largest absolute Gasteiger partial charge is 0.497 e. The van der Waals surface area contributed by atoms with Gasteiger partial charge in [0, 0.05) is 52.3 Å². The topological polar surface area (TPSA) is 115 Å². The number of methoxy groups -OCH3 is 3. The lowest BCUT2D eigenvalue weighted by Gasteiger charge is -2.21. The standard InChI is InChI=1S/C21H30N4O6/c1-28-11-5-9-22-20(26)18-15-31-19(24-18)14-25(10-6-12-29-2)21(27)23-16-7-4-8-17(13-16)30-3/h4,7-8,13,15H,5-6,9-12,14H2,1-3H3,(H,22,26)(H,23,27). The second-order valence-corrected chi connectivity index (χ2v) is 6.66. The highest BCUT2D eigenvalue weighted by molar-refractivity contribution is 5.92. The summed E-state index contributed by atoms with van der Waals surface area (Å²) in [6, 6.07) is 6.75. The van der Waals surface area contributed by atoms with Crippen LogP contribution in [0.3, 0.4) is 0 Å². The maximum atomic E-state index is 12.8. The minimum absolute atomic E-state index is 0.108. The van der Waals surface area contributed by atoms with Crippen molar-refractivity contribution in [1.82, 2.24) is 15.2 Å². The maximum absolute atomic E-state index is 12.8. The first-order valence-electron chi connectivity index (χ1n) is 9.97. The predicted octanol–water partition coefficient (Wildman–Crippen LogP) is 2.52. The number of amides is 3. The lowest BCUT2D eigenvalue weighted by molar-refractivity contribution is 0.0943. The highest BCUT2D eigenvalue weighted by atomic mass is 16.5. The number of anilines is 1. The van der Waals surface area contributed by atoms with Crippen molar-refractivity contribution in [3.05, 3.63) is 42.1 Å². The van der Waals surface area contributed by atoms with Gasteiger partial charge in [0.05, 0.1) is 13.7 Å². The molecule has 0 bridgehead atoms. The lowest BCUT2D eigenvalue weighted by Crippen LogP contribution is -2.36. The summed E-state index contributed by atoms with van der Waals surface area (Å²) in [5.74, 6) is 0.565. The van der Waals surface area contributed by atoms with Crippen molar-refractivity contribution in [3.8, 4) is 5.75 Å². The molecule has 1 heterocycles. The van der Waals surface area contributed by atoms with E-state index in [9.17, 15) is 9.59 Å². The van der Waals surface area contributed by atoms with Crippen LogP contribution in [0.25, 0.3) is 0 Å². The van der Waals surface area contributed by atoms with Crippen LogP contribution in [0.4, 0.5) is 10.5 Å². The number of aromatic nitrogens is 1. The first-order valence-corrected chi connectivity index (χ1v) is 9.97. The summed E-state index contributed by atoms with van der Waals surface area (Å²) in [7, 11) is 4.77. The van der Waals surface area contributed by atoms with Gasteiger partial charge in [-0.2, -0.15) is 0 Å². The molecule has 0 aliphatic carbocycles. The highest BCUT2D eigenvalue weighted by Crippen LogP contribution is 2.17. The Hall–Kier alpha value is -3.11. The third kappa shape index (κ3) is 8.27. The second-order valence-electron chi connectivity index (χ2n) is 6.66. The van der Waals surface area contributed by atoms with Gasteiger partial charge in [0.15, 0.2) is 5.69 Å². The Kier molecular flexibility index (Phi) is 10.3. The average molecular weight is 434 g/mol. The molecular weight excluding hydrogens is 404 g/mol. The molecule has 2 rings (SSSR count). The average Bonchev–Trinajstić information content (AvgIpc) is 3.25. The number of nitrogens with one attached hydrogen (secondary N) is 2. The number of carbonyl (C=O) groups is 2. The number of hydrogen-bond donors (Lipinski definition) is 2. The summed E-state index contributed by atoms with van der Waals surface area (Å²) in [6.45, 7) is 2.06. The van der Waals surface area contributed by atoms with E-state index in [-0.39, 0.29) is 30.1 Å². The smallest absolute Gasteiger partial charge is 0.322 e. The van der Waals surface area contributed by atoms with Crippen molar-refractivity contribution in [3.63, 3.8) is 0 Å². The van der Waals surface area contributed by atoms with Crippen LogP contribution in [0.15, 0.2) is 34.9 Å². The number of rotatable bonds is 13. The van der Waals surface area contributed by atoms with Crippen LogP contribution in [0, 0.1) is 0 Å². The Balaban J connectivity index is 2.00. The second kappa shape index (κ2) is 13.2. The summed E-state index contributed by atoms with van der Waals surface area (Å²) in [6.07, 6.45) is 2.62. The molecule has 3 amide bonds. The van der Waals surface area contributed by atoms with E-state index in [2.05, 4.69) is 15.6 Å². The molecule has 0 spiro atoms. The van der Waals surface area contributed by atoms with E-state index < -0.39 is 0 Å². The minimum atomic E-state index is -0.335. The number of hydrogen-bond acceptors (Lipinski definition) is 7. The zero-order chi connectivity index (χ0) is 22.5. The Morgan fingerprint density at radius 2 is 1.90 bits per heavy atom. The van der Waals surface area contributed by atoms with Crippen molar-refractivity contribution >= 4 is 17.6 Å². The van der Waals surface area contributed by atoms with Crippen LogP contribution in [0.1, 0.15) is 29.2 Å². The van der Waals surface area contributed by atoms with Crippen LogP contribution >= 0.6 is 0 Å². The van der Waals surface area contributed by atoms with Crippen molar-refractivity contribution in [2.45, 2.75) is 19.4 Å². The van der Waals surface area contributed by atoms with Crippen LogP contribution in [-0.2, 0) is 16.0 Å². The van der Waals surface area contributed by atoms with Crippen LogP contribution in [0.2, 0.25) is 0 Å². The van der Waals surface area contributed by atoms with Crippen molar-refractivity contribution in [2.24, 2.45) is 0 Å². The van der Waals surface area contributed by atoms with E-state index >= 15 is 0 Å². The molecule has 0 radical (unpaired) electrons. The SMILES string of the molecule is COCCCNC(=O)c1coc(CN(CCCOC)C(=O)Nc2cccc(OC)c2)n1. The van der Waals surface area contributed by atoms with Gasteiger partial charge in [-0.3, -0.25) is 4.79 Å². The molecule has 31 heavy (non-hydrogen) atoms. The van der Waals surface area contributed by atoms with Gasteiger partial charge in [-0.1, -0.05) is 6.07 Å². The minimum Gasteiger partial charge on any atom is -0.497 e. The van der Waals surface area contributed by atoms with Gasteiger partial charge in [0.2, 0.25) is 5.89 Å². The normalized spacial score (nSPS) is 10.5. The van der Waals surface area contributed by atoms with Gasteiger partial charge in [-0.25, -0.2) is 9.78 Å². The van der Waals surface area contributed by atoms with Gasteiger partial charge in [-0.05, 0) is 25.0 Å². The zero-order valence-electron chi connectivity index (χ0n) is 18.2. The van der Waals surface area contributed by atoms with E-state index in [0.29, 0.717) is 50.6 Å². The fourth-order valence-corrected chi connectivity index (χ4v) is 2.72. The van der Waals surface area contributed by atoms with E-state index in [0.717, 1.165) is 0 Å². The molecule has 0 unspecified atom stereocenters. The van der Waals surface area contributed by atoms with Gasteiger partial charge in [-0.15, -0.1) is 0 Å². The number of ether oxygens (including phenoxy) is 3. The Labute approximate surface area is 181 Å². The quantitative estimate of drug-likeness (QED) is 0.466. The molecule has 10 nitrogen and oxygen atoms in total. The van der Waals surface area contributed by atoms with Gasteiger partial charge < -0.3 is 34.2 Å². The fraction of sp³-hybridized carbons (Fsp3) is 0.476. The molecule has 1 aromatic heterocycles. The molecule has 0 aliphatic rings. The number of carbonyl (C=O) groups excluding carboxylic acids is 2. The predicted molar refractivity (Wildman–Crippen MR) is 114 cm³/mol. The van der Waals surface area contributed by atoms with Gasteiger partial charge in [0.1, 0.15) is 12.0 Å². The zero-order valence-corrected chi connectivity index (χ0v) is 18.2. The maximum Gasteiger partial charge on any atom is 0.322 e. The molecule has 0 aliphatic heterocycles.